The minimum Gasteiger partial charge on any atom is -0.772 e. The van der Waals surface area contributed by atoms with Gasteiger partial charge in [0.1, 0.15) is 6.04 Å². The van der Waals surface area contributed by atoms with Crippen molar-refractivity contribution in [2.75, 3.05) is 13.1 Å². The summed E-state index contributed by atoms with van der Waals surface area (Å²) in [5.41, 5.74) is 2.10. The van der Waals surface area contributed by atoms with Gasteiger partial charge in [0, 0.05) is 29.4 Å². The van der Waals surface area contributed by atoms with Crippen molar-refractivity contribution in [3.8, 4) is 0 Å². The molecule has 3 rings (SSSR count). The van der Waals surface area contributed by atoms with Crippen molar-refractivity contribution in [3.05, 3.63) is 70.2 Å². The van der Waals surface area contributed by atoms with E-state index in [4.69, 9.17) is 11.6 Å². The minimum atomic E-state index is -2.23. The van der Waals surface area contributed by atoms with Crippen LogP contribution in [0.15, 0.2) is 48.5 Å². The number of hydrogen-bond acceptors (Lipinski definition) is 4. The molecule has 0 spiro atoms. The molecule has 172 valence electrons. The maximum atomic E-state index is 13.2. The molecule has 2 aromatic carbocycles. The van der Waals surface area contributed by atoms with Crippen molar-refractivity contribution < 1.29 is 47.9 Å². The third kappa shape index (κ3) is 7.91. The van der Waals surface area contributed by atoms with Gasteiger partial charge in [-0.25, -0.2) is 0 Å². The van der Waals surface area contributed by atoms with Gasteiger partial charge in [-0.15, -0.1) is 0 Å². The summed E-state index contributed by atoms with van der Waals surface area (Å²) >= 11 is 3.75. The zero-order chi connectivity index (χ0) is 23.3. The molecule has 1 N–H and O–H groups in total. The van der Waals surface area contributed by atoms with Gasteiger partial charge < -0.3 is 14.8 Å². The fraction of sp³-hybridized carbons (Fsp3) is 0.417. The first-order chi connectivity index (χ1) is 15.2. The molecule has 1 aliphatic rings. The Morgan fingerprint density at radius 3 is 2.36 bits per heavy atom. The summed E-state index contributed by atoms with van der Waals surface area (Å²) < 4.78 is 21.9. The van der Waals surface area contributed by atoms with Gasteiger partial charge in [-0.3, -0.25) is 13.8 Å². The van der Waals surface area contributed by atoms with Crippen LogP contribution in [0.1, 0.15) is 54.1 Å². The Kier molecular flexibility index (Phi) is 11.1. The number of nitrogens with zero attached hydrogens (tertiary/aromatic N) is 1. The quantitative estimate of drug-likeness (QED) is 0.453. The topological polar surface area (TPSA) is 89.5 Å². The van der Waals surface area contributed by atoms with Crippen molar-refractivity contribution in [2.45, 2.75) is 44.4 Å². The molecular weight excluding hydrogens is 471 g/mol. The minimum absolute atomic E-state index is 0. The van der Waals surface area contributed by atoms with Crippen LogP contribution in [0.2, 0.25) is 5.02 Å². The predicted octanol–water partition coefficient (Wildman–Crippen LogP) is 0.884. The van der Waals surface area contributed by atoms with Gasteiger partial charge in [0.2, 0.25) is 5.91 Å². The molecule has 1 aliphatic heterocycles. The number of halogens is 1. The third-order valence-electron chi connectivity index (χ3n) is 5.84. The summed E-state index contributed by atoms with van der Waals surface area (Å²) in [6.45, 7) is 5.08. The molecule has 1 unspecified atom stereocenters. The molecule has 6 nitrogen and oxygen atoms in total. The number of carbonyl (C=O) groups excluding carboxylic acids is 2. The van der Waals surface area contributed by atoms with Gasteiger partial charge >= 0.3 is 29.6 Å². The Morgan fingerprint density at radius 1 is 1.15 bits per heavy atom. The number of carbonyl (C=O) groups is 2. The van der Waals surface area contributed by atoms with E-state index in [-0.39, 0.29) is 53.0 Å². The Hall–Kier alpha value is -1.22. The number of piperidine rings is 1. The van der Waals surface area contributed by atoms with Crippen LogP contribution in [0.3, 0.4) is 0 Å². The van der Waals surface area contributed by atoms with Crippen LogP contribution in [0.25, 0.3) is 0 Å². The maximum absolute atomic E-state index is 13.2. The summed E-state index contributed by atoms with van der Waals surface area (Å²) in [5, 5.41) is 3.57. The molecule has 1 heterocycles. The maximum Gasteiger partial charge on any atom is 1.00 e. The largest absolute Gasteiger partial charge is 1.00 e. The summed E-state index contributed by atoms with van der Waals surface area (Å²) in [7, 11) is 0. The standard InChI is InChI=1S/C24H29ClN2O4S.Na/c1-16(2)22(26-23(28)20-5-3-4-17(14-20)15-32(30)31)24(29)27-12-10-19(11-13-27)18-6-8-21(25)9-7-18;/h3-9,14,16,19,22H,10-13,15H2,1-2H3,(H,26,28)(H,30,31);/q;+1/p-1/t22-;/m1./s1. The molecule has 0 bridgehead atoms. The number of likely N-dealkylation sites (tertiary alicyclic amines) is 1. The van der Waals surface area contributed by atoms with Crippen LogP contribution < -0.4 is 34.9 Å². The van der Waals surface area contributed by atoms with Gasteiger partial charge in [0.05, 0.1) is 0 Å². The van der Waals surface area contributed by atoms with Crippen LogP contribution in [0.4, 0.5) is 0 Å². The SMILES string of the molecule is CC(C)[C@@H](NC(=O)c1cccc(CS(=O)[O-])c1)C(=O)N1CCC(c2ccc(Cl)cc2)CC1.[Na+]. The van der Waals surface area contributed by atoms with Crippen molar-refractivity contribution in [2.24, 2.45) is 5.92 Å². The van der Waals surface area contributed by atoms with Gasteiger partial charge in [0.15, 0.2) is 0 Å². The zero-order valence-electron chi connectivity index (χ0n) is 19.3. The van der Waals surface area contributed by atoms with Crippen molar-refractivity contribution >= 4 is 34.5 Å². The van der Waals surface area contributed by atoms with Gasteiger partial charge in [-0.1, -0.05) is 60.8 Å². The normalized spacial score (nSPS) is 16.1. The second-order valence-electron chi connectivity index (χ2n) is 8.49. The first kappa shape index (κ1) is 28.0. The van der Waals surface area contributed by atoms with Gasteiger partial charge in [-0.2, -0.15) is 0 Å². The Bertz CT molecular complexity index is 979. The van der Waals surface area contributed by atoms with E-state index in [1.807, 2.05) is 43.0 Å². The smallest absolute Gasteiger partial charge is 0.772 e. The second kappa shape index (κ2) is 13.0. The first-order valence-electron chi connectivity index (χ1n) is 10.7. The monoisotopic (exact) mass is 498 g/mol. The number of nitrogens with one attached hydrogen (secondary N) is 1. The average Bonchev–Trinajstić information content (AvgIpc) is 2.77. The summed E-state index contributed by atoms with van der Waals surface area (Å²) in [6.07, 6.45) is 1.72. The third-order valence-corrected chi connectivity index (χ3v) is 6.66. The summed E-state index contributed by atoms with van der Waals surface area (Å²) in [6, 6.07) is 13.7. The van der Waals surface area contributed by atoms with E-state index in [1.54, 1.807) is 24.3 Å². The van der Waals surface area contributed by atoms with E-state index in [1.165, 1.54) is 5.56 Å². The average molecular weight is 499 g/mol. The fourth-order valence-corrected chi connectivity index (χ4v) is 4.62. The molecule has 2 aromatic rings. The van der Waals surface area contributed by atoms with Crippen molar-refractivity contribution in [1.82, 2.24) is 10.2 Å². The fourth-order valence-electron chi connectivity index (χ4n) is 4.04. The van der Waals surface area contributed by atoms with Crippen LogP contribution >= 0.6 is 11.6 Å². The van der Waals surface area contributed by atoms with Crippen LogP contribution in [0, 0.1) is 5.92 Å². The molecule has 2 amide bonds. The van der Waals surface area contributed by atoms with E-state index in [0.29, 0.717) is 35.2 Å². The van der Waals surface area contributed by atoms with Crippen LogP contribution in [-0.4, -0.2) is 44.6 Å². The second-order valence-corrected chi connectivity index (χ2v) is 9.83. The number of rotatable bonds is 7. The number of hydrogen-bond donors (Lipinski definition) is 1. The molecule has 2 atom stereocenters. The predicted molar refractivity (Wildman–Crippen MR) is 125 cm³/mol. The van der Waals surface area contributed by atoms with Crippen LogP contribution in [0.5, 0.6) is 0 Å². The molecular formula is C24H28ClN2NaO4S. The Balaban J connectivity index is 0.00000385. The Labute approximate surface area is 225 Å². The molecule has 0 radical (unpaired) electrons. The van der Waals surface area contributed by atoms with E-state index in [0.717, 1.165) is 12.8 Å². The number of benzene rings is 2. The molecule has 1 fully saturated rings. The molecule has 0 aromatic heterocycles. The molecule has 1 saturated heterocycles. The summed E-state index contributed by atoms with van der Waals surface area (Å²) in [5.74, 6) is -0.321. The Morgan fingerprint density at radius 2 is 1.79 bits per heavy atom. The first-order valence-corrected chi connectivity index (χ1v) is 12.4. The zero-order valence-corrected chi connectivity index (χ0v) is 22.8. The van der Waals surface area contributed by atoms with E-state index in [9.17, 15) is 18.4 Å². The van der Waals surface area contributed by atoms with E-state index >= 15 is 0 Å². The van der Waals surface area contributed by atoms with Crippen molar-refractivity contribution in [3.63, 3.8) is 0 Å². The van der Waals surface area contributed by atoms with Gasteiger partial charge in [0.25, 0.3) is 5.91 Å². The molecule has 9 heteroatoms. The van der Waals surface area contributed by atoms with Crippen molar-refractivity contribution in [1.29, 1.82) is 0 Å². The van der Waals surface area contributed by atoms with E-state index in [2.05, 4.69) is 5.32 Å². The summed E-state index contributed by atoms with van der Waals surface area (Å²) in [4.78, 5) is 27.8. The van der Waals surface area contributed by atoms with Crippen LogP contribution in [-0.2, 0) is 21.6 Å². The molecule has 33 heavy (non-hydrogen) atoms. The van der Waals surface area contributed by atoms with E-state index < -0.39 is 17.1 Å². The van der Waals surface area contributed by atoms with Gasteiger partial charge in [-0.05, 0) is 60.1 Å². The molecule has 0 aliphatic carbocycles. The molecule has 0 saturated carbocycles. The number of amides is 2.